The summed E-state index contributed by atoms with van der Waals surface area (Å²) < 4.78 is 2.00. The van der Waals surface area contributed by atoms with Crippen LogP contribution in [0.25, 0.3) is 11.0 Å². The number of rotatable bonds is 3. The van der Waals surface area contributed by atoms with Crippen LogP contribution >= 0.6 is 11.8 Å². The quantitative estimate of drug-likeness (QED) is 0.843. The molecule has 0 bridgehead atoms. The van der Waals surface area contributed by atoms with Gasteiger partial charge in [0, 0.05) is 7.05 Å². The van der Waals surface area contributed by atoms with Crippen LogP contribution in [0.15, 0.2) is 17.3 Å². The summed E-state index contributed by atoms with van der Waals surface area (Å²) >= 11 is 1.37. The molecule has 1 aromatic heterocycles. The van der Waals surface area contributed by atoms with Gasteiger partial charge in [0.25, 0.3) is 0 Å². The minimum absolute atomic E-state index is 0.259. The highest BCUT2D eigenvalue weighted by Gasteiger charge is 2.10. The van der Waals surface area contributed by atoms with E-state index in [2.05, 4.69) is 31.0 Å². The Morgan fingerprint density at radius 3 is 2.71 bits per heavy atom. The number of aryl methyl sites for hydroxylation is 3. The number of carbonyl (C=O) groups excluding carboxylic acids is 1. The first kappa shape index (κ1) is 12.0. The Balaban J connectivity index is 2.45. The molecule has 90 valence electrons. The second-order valence-corrected chi connectivity index (χ2v) is 5.08. The van der Waals surface area contributed by atoms with Gasteiger partial charge < -0.3 is 10.3 Å². The first-order valence-corrected chi connectivity index (χ1v) is 6.32. The summed E-state index contributed by atoms with van der Waals surface area (Å²) in [5, 5.41) is 0.823. The zero-order valence-electron chi connectivity index (χ0n) is 10.2. The Kier molecular flexibility index (Phi) is 3.11. The summed E-state index contributed by atoms with van der Waals surface area (Å²) in [5.74, 6) is -0.0656. The number of aromatic nitrogens is 2. The lowest BCUT2D eigenvalue weighted by Crippen LogP contribution is -2.13. The molecule has 17 heavy (non-hydrogen) atoms. The number of carbonyl (C=O) groups is 1. The largest absolute Gasteiger partial charge is 0.369 e. The minimum atomic E-state index is -0.325. The number of hydrogen-bond acceptors (Lipinski definition) is 3. The van der Waals surface area contributed by atoms with Crippen molar-refractivity contribution in [3.63, 3.8) is 0 Å². The fourth-order valence-corrected chi connectivity index (χ4v) is 2.42. The molecule has 1 aromatic carbocycles. The molecule has 0 aliphatic heterocycles. The lowest BCUT2D eigenvalue weighted by Gasteiger charge is -2.02. The number of benzene rings is 1. The van der Waals surface area contributed by atoms with E-state index in [0.717, 1.165) is 16.2 Å². The second-order valence-electron chi connectivity index (χ2n) is 4.13. The Morgan fingerprint density at radius 2 is 2.06 bits per heavy atom. The molecule has 2 rings (SSSR count). The number of primary amides is 1. The van der Waals surface area contributed by atoms with Crippen LogP contribution in [0.5, 0.6) is 0 Å². The first-order valence-electron chi connectivity index (χ1n) is 5.34. The van der Waals surface area contributed by atoms with Crippen LogP contribution in [0.4, 0.5) is 0 Å². The van der Waals surface area contributed by atoms with E-state index in [1.807, 2.05) is 11.6 Å². The summed E-state index contributed by atoms with van der Waals surface area (Å²) in [4.78, 5) is 15.3. The Morgan fingerprint density at radius 1 is 1.41 bits per heavy atom. The molecule has 4 nitrogen and oxygen atoms in total. The number of imidazole rings is 1. The van der Waals surface area contributed by atoms with Gasteiger partial charge in [-0.1, -0.05) is 11.8 Å². The highest BCUT2D eigenvalue weighted by Crippen LogP contribution is 2.24. The van der Waals surface area contributed by atoms with Gasteiger partial charge in [-0.3, -0.25) is 4.79 Å². The number of nitrogens with zero attached hydrogens (tertiary/aromatic N) is 2. The fraction of sp³-hybridized carbons (Fsp3) is 0.333. The van der Waals surface area contributed by atoms with Crippen molar-refractivity contribution in [1.29, 1.82) is 0 Å². The highest BCUT2D eigenvalue weighted by molar-refractivity contribution is 7.99. The van der Waals surface area contributed by atoms with Crippen molar-refractivity contribution in [3.05, 3.63) is 23.3 Å². The van der Waals surface area contributed by atoms with Crippen molar-refractivity contribution in [1.82, 2.24) is 9.55 Å². The van der Waals surface area contributed by atoms with Crippen LogP contribution in [-0.4, -0.2) is 21.2 Å². The standard InChI is InChI=1S/C12H15N3OS/c1-7-4-9-10(5-8(7)2)15(3)12(14-9)17-6-11(13)16/h4-5H,6H2,1-3H3,(H2,13,16). The van der Waals surface area contributed by atoms with Gasteiger partial charge in [0.1, 0.15) is 0 Å². The van der Waals surface area contributed by atoms with E-state index < -0.39 is 0 Å². The lowest BCUT2D eigenvalue weighted by molar-refractivity contribution is -0.115. The molecule has 0 aliphatic carbocycles. The van der Waals surface area contributed by atoms with E-state index >= 15 is 0 Å². The van der Waals surface area contributed by atoms with Gasteiger partial charge >= 0.3 is 0 Å². The molecule has 2 N–H and O–H groups in total. The van der Waals surface area contributed by atoms with Gasteiger partial charge in [-0.15, -0.1) is 0 Å². The third-order valence-electron chi connectivity index (χ3n) is 2.80. The highest BCUT2D eigenvalue weighted by atomic mass is 32.2. The second kappa shape index (κ2) is 4.41. The monoisotopic (exact) mass is 249 g/mol. The van der Waals surface area contributed by atoms with E-state index in [0.29, 0.717) is 0 Å². The topological polar surface area (TPSA) is 60.9 Å². The van der Waals surface area contributed by atoms with Gasteiger partial charge in [0.2, 0.25) is 5.91 Å². The zero-order chi connectivity index (χ0) is 12.6. The average molecular weight is 249 g/mol. The van der Waals surface area contributed by atoms with Crippen molar-refractivity contribution in [2.45, 2.75) is 19.0 Å². The molecule has 0 unspecified atom stereocenters. The SMILES string of the molecule is Cc1cc2nc(SCC(N)=O)n(C)c2cc1C. The minimum Gasteiger partial charge on any atom is -0.369 e. The van der Waals surface area contributed by atoms with E-state index in [1.54, 1.807) is 0 Å². The maximum atomic E-state index is 10.8. The van der Waals surface area contributed by atoms with Crippen molar-refractivity contribution < 1.29 is 4.79 Å². The van der Waals surface area contributed by atoms with Crippen LogP contribution in [0, 0.1) is 13.8 Å². The summed E-state index contributed by atoms with van der Waals surface area (Å²) in [6.07, 6.45) is 0. The molecule has 5 heteroatoms. The van der Waals surface area contributed by atoms with Crippen LogP contribution in [0.2, 0.25) is 0 Å². The molecular weight excluding hydrogens is 234 g/mol. The third kappa shape index (κ3) is 2.29. The number of hydrogen-bond donors (Lipinski definition) is 1. The van der Waals surface area contributed by atoms with Crippen LogP contribution in [0.3, 0.4) is 0 Å². The summed E-state index contributed by atoms with van der Waals surface area (Å²) in [6, 6.07) is 4.19. The van der Waals surface area contributed by atoms with Crippen LogP contribution < -0.4 is 5.73 Å². The Labute approximate surface area is 104 Å². The molecule has 0 spiro atoms. The van der Waals surface area contributed by atoms with E-state index in [4.69, 9.17) is 5.73 Å². The molecule has 1 amide bonds. The molecule has 0 radical (unpaired) electrons. The number of fused-ring (bicyclic) bond motifs is 1. The van der Waals surface area contributed by atoms with E-state index in [9.17, 15) is 4.79 Å². The van der Waals surface area contributed by atoms with Gasteiger partial charge in [-0.05, 0) is 37.1 Å². The Bertz CT molecular complexity index is 589. The normalized spacial score (nSPS) is 11.0. The average Bonchev–Trinajstić information content (AvgIpc) is 2.54. The van der Waals surface area contributed by atoms with Gasteiger partial charge in [-0.2, -0.15) is 0 Å². The van der Waals surface area contributed by atoms with Crippen molar-refractivity contribution in [2.75, 3.05) is 5.75 Å². The molecule has 0 saturated heterocycles. The maximum Gasteiger partial charge on any atom is 0.227 e. The predicted octanol–water partition coefficient (Wildman–Crippen LogP) is 1.77. The molecule has 0 saturated carbocycles. The fourth-order valence-electron chi connectivity index (χ4n) is 1.69. The lowest BCUT2D eigenvalue weighted by atomic mass is 10.1. The smallest absolute Gasteiger partial charge is 0.227 e. The molecular formula is C12H15N3OS. The summed E-state index contributed by atoms with van der Waals surface area (Å²) in [5.41, 5.74) is 9.65. The van der Waals surface area contributed by atoms with Gasteiger partial charge in [0.05, 0.1) is 16.8 Å². The summed E-state index contributed by atoms with van der Waals surface area (Å²) in [7, 11) is 1.95. The molecule has 2 aromatic rings. The van der Waals surface area contributed by atoms with Crippen molar-refractivity contribution in [2.24, 2.45) is 12.8 Å². The molecule has 0 aliphatic rings. The molecule has 1 heterocycles. The van der Waals surface area contributed by atoms with E-state index in [1.165, 1.54) is 22.9 Å². The molecule has 0 atom stereocenters. The van der Waals surface area contributed by atoms with Crippen LogP contribution in [0.1, 0.15) is 11.1 Å². The Hall–Kier alpha value is -1.49. The zero-order valence-corrected chi connectivity index (χ0v) is 11.0. The van der Waals surface area contributed by atoms with Crippen molar-refractivity contribution >= 4 is 28.7 Å². The first-order chi connectivity index (χ1) is 7.99. The van der Waals surface area contributed by atoms with Gasteiger partial charge in [0.15, 0.2) is 5.16 Å². The summed E-state index contributed by atoms with van der Waals surface area (Å²) in [6.45, 7) is 4.15. The van der Waals surface area contributed by atoms with E-state index in [-0.39, 0.29) is 11.7 Å². The van der Waals surface area contributed by atoms with Gasteiger partial charge in [-0.25, -0.2) is 4.98 Å². The number of nitrogens with two attached hydrogens (primary N) is 1. The number of thioether (sulfide) groups is 1. The third-order valence-corrected chi connectivity index (χ3v) is 3.85. The van der Waals surface area contributed by atoms with Crippen molar-refractivity contribution in [3.8, 4) is 0 Å². The molecule has 0 fully saturated rings. The maximum absolute atomic E-state index is 10.8. The number of amides is 1. The predicted molar refractivity (Wildman–Crippen MR) is 70.1 cm³/mol. The van der Waals surface area contributed by atoms with Crippen LogP contribution in [-0.2, 0) is 11.8 Å².